The van der Waals surface area contributed by atoms with E-state index in [0.717, 1.165) is 12.1 Å². The van der Waals surface area contributed by atoms with Crippen molar-refractivity contribution in [3.05, 3.63) is 35.4 Å². The number of aliphatic hydroxyl groups excluding tert-OH is 2. The summed E-state index contributed by atoms with van der Waals surface area (Å²) in [6, 6.07) is 3.10. The molecule has 1 aliphatic rings. The Hall–Kier alpha value is -1.57. The van der Waals surface area contributed by atoms with Gasteiger partial charge in [-0.15, -0.1) is 0 Å². The van der Waals surface area contributed by atoms with Gasteiger partial charge in [-0.25, -0.2) is 8.78 Å². The quantitative estimate of drug-likeness (QED) is 0.801. The fourth-order valence-corrected chi connectivity index (χ4v) is 2.99. The van der Waals surface area contributed by atoms with Gasteiger partial charge in [0.2, 0.25) is 0 Å². The highest BCUT2D eigenvalue weighted by Gasteiger charge is 2.35. The van der Waals surface area contributed by atoms with Crippen LogP contribution in [0, 0.1) is 23.5 Å². The Bertz CT molecular complexity index is 556. The largest absolute Gasteiger partial charge is 0.396 e. The fourth-order valence-electron chi connectivity index (χ4n) is 2.99. The van der Waals surface area contributed by atoms with E-state index in [1.165, 1.54) is 6.07 Å². The van der Waals surface area contributed by atoms with Crippen molar-refractivity contribution in [2.75, 3.05) is 46.4 Å². The number of benzene rings is 1. The normalized spacial score (nSPS) is 21.2. The maximum absolute atomic E-state index is 13.3. The first-order valence-corrected chi connectivity index (χ1v) is 7.60. The van der Waals surface area contributed by atoms with Crippen molar-refractivity contribution in [1.29, 1.82) is 0 Å². The Morgan fingerprint density at radius 1 is 1.26 bits per heavy atom. The number of rotatable bonds is 6. The van der Waals surface area contributed by atoms with Crippen LogP contribution in [0.4, 0.5) is 8.78 Å². The molecule has 0 radical (unpaired) electrons. The molecule has 1 aromatic carbocycles. The summed E-state index contributed by atoms with van der Waals surface area (Å²) in [4.78, 5) is 15.9. The van der Waals surface area contributed by atoms with Crippen LogP contribution in [0.5, 0.6) is 0 Å². The lowest BCUT2D eigenvalue weighted by Crippen LogP contribution is -2.33. The van der Waals surface area contributed by atoms with Crippen molar-refractivity contribution in [2.45, 2.75) is 0 Å². The number of likely N-dealkylation sites (tertiary alicyclic amines) is 1. The van der Waals surface area contributed by atoms with Crippen LogP contribution in [0.2, 0.25) is 0 Å². The van der Waals surface area contributed by atoms with Crippen LogP contribution in [0.3, 0.4) is 0 Å². The van der Waals surface area contributed by atoms with E-state index in [2.05, 4.69) is 0 Å². The molecule has 23 heavy (non-hydrogen) atoms. The van der Waals surface area contributed by atoms with E-state index in [9.17, 15) is 18.7 Å². The maximum Gasteiger partial charge on any atom is 0.253 e. The second-order valence-electron chi connectivity index (χ2n) is 6.03. The van der Waals surface area contributed by atoms with Gasteiger partial charge in [-0.2, -0.15) is 0 Å². The van der Waals surface area contributed by atoms with Gasteiger partial charge in [-0.3, -0.25) is 4.79 Å². The minimum Gasteiger partial charge on any atom is -0.396 e. The third kappa shape index (κ3) is 4.25. The summed E-state index contributed by atoms with van der Waals surface area (Å²) in [5, 5.41) is 18.5. The van der Waals surface area contributed by atoms with Gasteiger partial charge in [-0.05, 0) is 31.2 Å². The number of hydrogen-bond acceptors (Lipinski definition) is 4. The van der Waals surface area contributed by atoms with E-state index < -0.39 is 11.6 Å². The van der Waals surface area contributed by atoms with Gasteiger partial charge in [-0.1, -0.05) is 0 Å². The molecule has 0 saturated carbocycles. The van der Waals surface area contributed by atoms with Crippen LogP contribution in [-0.4, -0.2) is 72.4 Å². The van der Waals surface area contributed by atoms with Gasteiger partial charge < -0.3 is 20.0 Å². The minimum absolute atomic E-state index is 0.0425. The summed E-state index contributed by atoms with van der Waals surface area (Å²) >= 11 is 0. The van der Waals surface area contributed by atoms with Gasteiger partial charge in [0.25, 0.3) is 5.91 Å². The van der Waals surface area contributed by atoms with Crippen LogP contribution in [-0.2, 0) is 0 Å². The van der Waals surface area contributed by atoms with E-state index in [1.807, 2.05) is 11.9 Å². The topological polar surface area (TPSA) is 64.0 Å². The van der Waals surface area contributed by atoms with Crippen molar-refractivity contribution in [3.8, 4) is 0 Å². The predicted molar refractivity (Wildman–Crippen MR) is 80.9 cm³/mol. The molecule has 0 spiro atoms. The summed E-state index contributed by atoms with van der Waals surface area (Å²) in [6.07, 6.45) is 0. The molecule has 2 N–H and O–H groups in total. The number of aliphatic hydroxyl groups is 2. The van der Waals surface area contributed by atoms with Gasteiger partial charge >= 0.3 is 0 Å². The number of amides is 1. The molecule has 2 rings (SSSR count). The van der Waals surface area contributed by atoms with Crippen molar-refractivity contribution in [3.63, 3.8) is 0 Å². The van der Waals surface area contributed by atoms with Gasteiger partial charge in [0, 0.05) is 44.3 Å². The number of likely N-dealkylation sites (N-methyl/N-ethyl adjacent to an activating group) is 1. The summed E-state index contributed by atoms with van der Waals surface area (Å²) in [5.74, 6) is -2.39. The van der Waals surface area contributed by atoms with E-state index >= 15 is 0 Å². The summed E-state index contributed by atoms with van der Waals surface area (Å²) in [6.45, 7) is 1.99. The number of nitrogens with zero attached hydrogens (tertiary/aromatic N) is 2. The van der Waals surface area contributed by atoms with E-state index in [-0.39, 0.29) is 36.5 Å². The summed E-state index contributed by atoms with van der Waals surface area (Å²) in [7, 11) is 1.87. The molecule has 0 unspecified atom stereocenters. The maximum atomic E-state index is 13.3. The van der Waals surface area contributed by atoms with Crippen LogP contribution in [0.15, 0.2) is 18.2 Å². The van der Waals surface area contributed by atoms with Gasteiger partial charge in [0.1, 0.15) is 0 Å². The van der Waals surface area contributed by atoms with Gasteiger partial charge in [0.15, 0.2) is 11.6 Å². The van der Waals surface area contributed by atoms with E-state index in [1.54, 1.807) is 4.90 Å². The van der Waals surface area contributed by atoms with Crippen molar-refractivity contribution in [1.82, 2.24) is 9.80 Å². The first kappa shape index (κ1) is 17.8. The molecule has 0 aromatic heterocycles. The molecule has 1 heterocycles. The molecule has 5 nitrogen and oxygen atoms in total. The average Bonchev–Trinajstić information content (AvgIpc) is 2.92. The van der Waals surface area contributed by atoms with E-state index in [4.69, 9.17) is 5.11 Å². The standard InChI is InChI=1S/C16H22F2N2O3/c1-19(4-5-21)7-12-8-20(9-13(12)10-22)16(23)11-2-3-14(17)15(18)6-11/h2-3,6,12-13,21-22H,4-5,7-10H2,1H3/t12-,13-/m1/s1. The molecule has 1 amide bonds. The SMILES string of the molecule is CN(CCO)C[C@@H]1CN(C(=O)c2ccc(F)c(F)c2)C[C@@H]1CO. The lowest BCUT2D eigenvalue weighted by Gasteiger charge is -2.23. The second kappa shape index (κ2) is 7.81. The molecule has 1 aliphatic heterocycles. The molecule has 0 bridgehead atoms. The van der Waals surface area contributed by atoms with Crippen molar-refractivity contribution < 1.29 is 23.8 Å². The lowest BCUT2D eigenvalue weighted by atomic mass is 9.96. The Morgan fingerprint density at radius 3 is 2.57 bits per heavy atom. The second-order valence-corrected chi connectivity index (χ2v) is 6.03. The molecule has 1 fully saturated rings. The third-order valence-electron chi connectivity index (χ3n) is 4.29. The first-order valence-electron chi connectivity index (χ1n) is 7.60. The average molecular weight is 328 g/mol. The molecule has 1 aromatic rings. The number of carbonyl (C=O) groups is 1. The third-order valence-corrected chi connectivity index (χ3v) is 4.29. The number of halogens is 2. The molecular weight excluding hydrogens is 306 g/mol. The van der Waals surface area contributed by atoms with Crippen LogP contribution in [0.25, 0.3) is 0 Å². The summed E-state index contributed by atoms with van der Waals surface area (Å²) < 4.78 is 26.3. The predicted octanol–water partition coefficient (Wildman–Crippen LogP) is 0.569. The van der Waals surface area contributed by atoms with E-state index in [0.29, 0.717) is 26.2 Å². The van der Waals surface area contributed by atoms with Crippen LogP contribution >= 0.6 is 0 Å². The smallest absolute Gasteiger partial charge is 0.253 e. The molecule has 7 heteroatoms. The zero-order valence-corrected chi connectivity index (χ0v) is 13.1. The molecule has 0 aliphatic carbocycles. The van der Waals surface area contributed by atoms with Crippen LogP contribution < -0.4 is 0 Å². The zero-order chi connectivity index (χ0) is 17.0. The number of carbonyl (C=O) groups excluding carboxylic acids is 1. The first-order chi connectivity index (χ1) is 11.0. The Morgan fingerprint density at radius 2 is 1.96 bits per heavy atom. The monoisotopic (exact) mass is 328 g/mol. The lowest BCUT2D eigenvalue weighted by molar-refractivity contribution is 0.0778. The highest BCUT2D eigenvalue weighted by Crippen LogP contribution is 2.25. The molecular formula is C16H22F2N2O3. The zero-order valence-electron chi connectivity index (χ0n) is 13.1. The van der Waals surface area contributed by atoms with Crippen LogP contribution in [0.1, 0.15) is 10.4 Å². The molecule has 1 saturated heterocycles. The molecule has 2 atom stereocenters. The van der Waals surface area contributed by atoms with Crippen molar-refractivity contribution in [2.24, 2.45) is 11.8 Å². The highest BCUT2D eigenvalue weighted by atomic mass is 19.2. The fraction of sp³-hybridized carbons (Fsp3) is 0.562. The summed E-state index contributed by atoms with van der Waals surface area (Å²) in [5.41, 5.74) is 0.102. The van der Waals surface area contributed by atoms with Gasteiger partial charge in [0.05, 0.1) is 6.61 Å². The Labute approximate surface area is 134 Å². The minimum atomic E-state index is -1.05. The molecule has 128 valence electrons. The number of hydrogen-bond donors (Lipinski definition) is 2. The van der Waals surface area contributed by atoms with Crippen molar-refractivity contribution >= 4 is 5.91 Å². The Kier molecular flexibility index (Phi) is 6.04. The Balaban J connectivity index is 2.05. The highest BCUT2D eigenvalue weighted by molar-refractivity contribution is 5.94.